The number of hydrogen-bond acceptors (Lipinski definition) is 4. The lowest BCUT2D eigenvalue weighted by molar-refractivity contribution is -0.140. The highest BCUT2D eigenvalue weighted by molar-refractivity contribution is 5.77. The van der Waals surface area contributed by atoms with E-state index < -0.39 is 0 Å². The highest BCUT2D eigenvalue weighted by atomic mass is 16.3. The zero-order chi connectivity index (χ0) is 17.2. The van der Waals surface area contributed by atoms with Gasteiger partial charge in [0.15, 0.2) is 0 Å². The maximum absolute atomic E-state index is 12.0. The Labute approximate surface area is 143 Å². The molecule has 3 rings (SSSR count). The Kier molecular flexibility index (Phi) is 4.93. The number of amides is 1. The van der Waals surface area contributed by atoms with Crippen LogP contribution in [0, 0.1) is 16.7 Å². The molecule has 1 amide bonds. The molecule has 0 saturated carbocycles. The van der Waals surface area contributed by atoms with Crippen LogP contribution >= 0.6 is 0 Å². The van der Waals surface area contributed by atoms with Gasteiger partial charge in [-0.2, -0.15) is 5.26 Å². The average molecular weight is 330 g/mol. The van der Waals surface area contributed by atoms with Crippen molar-refractivity contribution in [2.24, 2.45) is 12.5 Å². The van der Waals surface area contributed by atoms with Crippen molar-refractivity contribution in [3.63, 3.8) is 0 Å². The number of aliphatic hydroxyl groups excluding tert-OH is 1. The van der Waals surface area contributed by atoms with Crippen molar-refractivity contribution in [3.05, 3.63) is 23.5 Å². The van der Waals surface area contributed by atoms with Gasteiger partial charge >= 0.3 is 0 Å². The number of nitrogens with zero attached hydrogens (tertiary/aromatic N) is 4. The van der Waals surface area contributed by atoms with Gasteiger partial charge in [0.2, 0.25) is 5.91 Å². The molecule has 2 fully saturated rings. The van der Waals surface area contributed by atoms with Crippen LogP contribution in [0.5, 0.6) is 0 Å². The van der Waals surface area contributed by atoms with E-state index in [0.717, 1.165) is 45.4 Å². The van der Waals surface area contributed by atoms with Crippen molar-refractivity contribution in [1.29, 1.82) is 5.26 Å². The van der Waals surface area contributed by atoms with Gasteiger partial charge < -0.3 is 14.6 Å². The lowest BCUT2D eigenvalue weighted by Gasteiger charge is -2.48. The van der Waals surface area contributed by atoms with E-state index in [0.29, 0.717) is 18.7 Å². The van der Waals surface area contributed by atoms with Crippen LogP contribution in [0.25, 0.3) is 0 Å². The molecule has 1 aromatic heterocycles. The van der Waals surface area contributed by atoms with Gasteiger partial charge in [0.1, 0.15) is 11.8 Å². The molecule has 2 aliphatic rings. The molecule has 1 spiro atoms. The van der Waals surface area contributed by atoms with Crippen LogP contribution in [0.15, 0.2) is 12.3 Å². The largest absolute Gasteiger partial charge is 0.395 e. The molecule has 0 aliphatic carbocycles. The predicted molar refractivity (Wildman–Crippen MR) is 90.0 cm³/mol. The summed E-state index contributed by atoms with van der Waals surface area (Å²) in [7, 11) is 1.90. The Balaban J connectivity index is 1.67. The second-order valence-corrected chi connectivity index (χ2v) is 7.31. The number of nitriles is 1. The Morgan fingerprint density at radius 3 is 2.92 bits per heavy atom. The third kappa shape index (κ3) is 3.47. The summed E-state index contributed by atoms with van der Waals surface area (Å²) < 4.78 is 1.87. The number of carbonyl (C=O) groups is 1. The lowest BCUT2D eigenvalue weighted by atomic mass is 9.73. The minimum atomic E-state index is 0.0342. The highest BCUT2D eigenvalue weighted by Gasteiger charge is 2.41. The van der Waals surface area contributed by atoms with Gasteiger partial charge in [-0.3, -0.25) is 9.69 Å². The maximum atomic E-state index is 12.0. The number of hydrogen-bond donors (Lipinski definition) is 1. The summed E-state index contributed by atoms with van der Waals surface area (Å²) in [6, 6.07) is 4.17. The standard InChI is InChI=1S/C18H26N4O2/c1-20-11-15(9-16(20)10-19)12-21-6-2-4-18(13-21)5-3-17(24)22(14-18)7-8-23/h9,11,23H,2-8,12-14H2,1H3/t18-/m0/s1. The summed E-state index contributed by atoms with van der Waals surface area (Å²) in [6.45, 7) is 4.15. The van der Waals surface area contributed by atoms with Crippen LogP contribution in [-0.2, 0) is 18.4 Å². The van der Waals surface area contributed by atoms with Crippen molar-refractivity contribution in [3.8, 4) is 6.07 Å². The molecule has 0 aromatic carbocycles. The smallest absolute Gasteiger partial charge is 0.222 e. The van der Waals surface area contributed by atoms with Gasteiger partial charge in [0.25, 0.3) is 0 Å². The van der Waals surface area contributed by atoms with E-state index in [9.17, 15) is 9.90 Å². The molecular weight excluding hydrogens is 304 g/mol. The normalized spacial score (nSPS) is 25.2. The van der Waals surface area contributed by atoms with E-state index in [-0.39, 0.29) is 17.9 Å². The fourth-order valence-corrected chi connectivity index (χ4v) is 4.29. The Morgan fingerprint density at radius 2 is 2.21 bits per heavy atom. The first kappa shape index (κ1) is 17.0. The minimum absolute atomic E-state index is 0.0342. The quantitative estimate of drug-likeness (QED) is 0.897. The van der Waals surface area contributed by atoms with Crippen LogP contribution < -0.4 is 0 Å². The first-order valence-electron chi connectivity index (χ1n) is 8.72. The zero-order valence-electron chi connectivity index (χ0n) is 14.4. The molecule has 24 heavy (non-hydrogen) atoms. The number of β-amino-alcohol motifs (C(OH)–C–C–N with tert-alkyl or cyclic N) is 1. The number of rotatable bonds is 4. The van der Waals surface area contributed by atoms with Crippen LogP contribution in [0.2, 0.25) is 0 Å². The number of carbonyl (C=O) groups excluding carboxylic acids is 1. The van der Waals surface area contributed by atoms with E-state index in [1.165, 1.54) is 5.56 Å². The highest BCUT2D eigenvalue weighted by Crippen LogP contribution is 2.39. The summed E-state index contributed by atoms with van der Waals surface area (Å²) in [5.74, 6) is 0.175. The molecule has 0 bridgehead atoms. The van der Waals surface area contributed by atoms with Crippen molar-refractivity contribution in [2.75, 3.05) is 32.8 Å². The molecule has 1 atom stereocenters. The van der Waals surface area contributed by atoms with E-state index in [2.05, 4.69) is 11.0 Å². The van der Waals surface area contributed by atoms with Gasteiger partial charge in [0, 0.05) is 51.3 Å². The molecule has 1 aromatic rings. The van der Waals surface area contributed by atoms with Gasteiger partial charge in [-0.05, 0) is 37.4 Å². The van der Waals surface area contributed by atoms with Crippen LogP contribution in [0.4, 0.5) is 0 Å². The minimum Gasteiger partial charge on any atom is -0.395 e. The van der Waals surface area contributed by atoms with Gasteiger partial charge in [-0.15, -0.1) is 0 Å². The van der Waals surface area contributed by atoms with E-state index in [1.54, 1.807) is 0 Å². The molecule has 0 unspecified atom stereocenters. The summed E-state index contributed by atoms with van der Waals surface area (Å²) in [5, 5.41) is 18.3. The maximum Gasteiger partial charge on any atom is 0.222 e. The lowest BCUT2D eigenvalue weighted by Crippen LogP contribution is -2.54. The number of likely N-dealkylation sites (tertiary alicyclic amines) is 2. The Bertz CT molecular complexity index is 648. The number of aliphatic hydroxyl groups is 1. The van der Waals surface area contributed by atoms with Gasteiger partial charge in [0.05, 0.1) is 6.61 Å². The number of aryl methyl sites for hydroxylation is 1. The molecule has 0 radical (unpaired) electrons. The first-order valence-corrected chi connectivity index (χ1v) is 8.72. The van der Waals surface area contributed by atoms with Crippen LogP contribution in [0.1, 0.15) is 36.9 Å². The first-order chi connectivity index (χ1) is 11.5. The van der Waals surface area contributed by atoms with Crippen LogP contribution in [-0.4, -0.2) is 58.2 Å². The van der Waals surface area contributed by atoms with E-state index in [1.807, 2.05) is 28.8 Å². The second-order valence-electron chi connectivity index (χ2n) is 7.31. The van der Waals surface area contributed by atoms with Crippen molar-refractivity contribution < 1.29 is 9.90 Å². The molecular formula is C18H26N4O2. The SMILES string of the molecule is Cn1cc(CN2CCC[C@]3(CCC(=O)N(CCO)C3)C2)cc1C#N. The number of piperidine rings is 2. The molecule has 2 saturated heterocycles. The van der Waals surface area contributed by atoms with Crippen LogP contribution in [0.3, 0.4) is 0 Å². The summed E-state index contributed by atoms with van der Waals surface area (Å²) in [5.41, 5.74) is 2.02. The average Bonchev–Trinajstić information content (AvgIpc) is 2.91. The molecule has 2 aliphatic heterocycles. The Morgan fingerprint density at radius 1 is 1.38 bits per heavy atom. The number of aromatic nitrogens is 1. The fourth-order valence-electron chi connectivity index (χ4n) is 4.29. The third-order valence-electron chi connectivity index (χ3n) is 5.44. The summed E-state index contributed by atoms with van der Waals surface area (Å²) in [6.07, 6.45) is 5.86. The Hall–Kier alpha value is -1.84. The summed E-state index contributed by atoms with van der Waals surface area (Å²) >= 11 is 0. The van der Waals surface area contributed by atoms with Gasteiger partial charge in [-0.25, -0.2) is 0 Å². The van der Waals surface area contributed by atoms with Crippen molar-refractivity contribution in [1.82, 2.24) is 14.4 Å². The third-order valence-corrected chi connectivity index (χ3v) is 5.44. The summed E-state index contributed by atoms with van der Waals surface area (Å²) in [4.78, 5) is 16.3. The van der Waals surface area contributed by atoms with E-state index >= 15 is 0 Å². The molecule has 6 heteroatoms. The molecule has 6 nitrogen and oxygen atoms in total. The van der Waals surface area contributed by atoms with Gasteiger partial charge in [-0.1, -0.05) is 0 Å². The van der Waals surface area contributed by atoms with Crippen molar-refractivity contribution >= 4 is 5.91 Å². The topological polar surface area (TPSA) is 72.5 Å². The fraction of sp³-hybridized carbons (Fsp3) is 0.667. The monoisotopic (exact) mass is 330 g/mol. The zero-order valence-corrected chi connectivity index (χ0v) is 14.4. The predicted octanol–water partition coefficient (Wildman–Crippen LogP) is 1.09. The molecule has 130 valence electrons. The molecule has 3 heterocycles. The second kappa shape index (κ2) is 6.96. The van der Waals surface area contributed by atoms with E-state index in [4.69, 9.17) is 5.26 Å². The molecule has 1 N–H and O–H groups in total. The van der Waals surface area contributed by atoms with Crippen molar-refractivity contribution in [2.45, 2.75) is 32.2 Å².